The first kappa shape index (κ1) is 15.4. The number of hydrogen-bond acceptors (Lipinski definition) is 4. The van der Waals surface area contributed by atoms with Crippen molar-refractivity contribution in [3.05, 3.63) is 70.4 Å². The van der Waals surface area contributed by atoms with E-state index in [0.717, 1.165) is 36.3 Å². The van der Waals surface area contributed by atoms with E-state index in [1.165, 1.54) is 11.1 Å². The van der Waals surface area contributed by atoms with Gasteiger partial charge in [0.1, 0.15) is 6.07 Å². The molecule has 0 radical (unpaired) electrons. The standard InChI is InChI=1S/C20H19N5/c1-14-7-8-15(2)19(11-14)25-22-18(12-21)20(23-25)24-10-9-16-5-3-4-6-17(16)13-24/h3-8,11H,9-10,13H2,1-2H3. The molecule has 2 aromatic carbocycles. The van der Waals surface area contributed by atoms with Gasteiger partial charge in [0.15, 0.2) is 5.82 Å². The van der Waals surface area contributed by atoms with E-state index < -0.39 is 0 Å². The molecule has 0 saturated heterocycles. The smallest absolute Gasteiger partial charge is 0.207 e. The average Bonchev–Trinajstić information content (AvgIpc) is 3.07. The van der Waals surface area contributed by atoms with Crippen LogP contribution in [0.25, 0.3) is 5.69 Å². The van der Waals surface area contributed by atoms with E-state index in [9.17, 15) is 5.26 Å². The van der Waals surface area contributed by atoms with Crippen molar-refractivity contribution >= 4 is 5.82 Å². The van der Waals surface area contributed by atoms with Gasteiger partial charge in [-0.3, -0.25) is 0 Å². The zero-order chi connectivity index (χ0) is 17.4. The predicted molar refractivity (Wildman–Crippen MR) is 96.7 cm³/mol. The fourth-order valence-electron chi connectivity index (χ4n) is 3.30. The van der Waals surface area contributed by atoms with Crippen molar-refractivity contribution in [2.45, 2.75) is 26.8 Å². The summed E-state index contributed by atoms with van der Waals surface area (Å²) in [5.74, 6) is 0.665. The number of aromatic nitrogens is 3. The zero-order valence-corrected chi connectivity index (χ0v) is 14.4. The van der Waals surface area contributed by atoms with Gasteiger partial charge in [0, 0.05) is 13.1 Å². The van der Waals surface area contributed by atoms with Crippen LogP contribution in [-0.4, -0.2) is 21.5 Å². The Morgan fingerprint density at radius 3 is 2.64 bits per heavy atom. The van der Waals surface area contributed by atoms with Crippen molar-refractivity contribution < 1.29 is 0 Å². The van der Waals surface area contributed by atoms with Crippen LogP contribution in [0.2, 0.25) is 0 Å². The summed E-state index contributed by atoms with van der Waals surface area (Å²) in [6.07, 6.45) is 0.956. The van der Waals surface area contributed by atoms with E-state index in [1.807, 2.05) is 19.9 Å². The molecule has 1 aliphatic rings. The third-order valence-electron chi connectivity index (χ3n) is 4.71. The maximum Gasteiger partial charge on any atom is 0.207 e. The second kappa shape index (κ2) is 6.06. The topological polar surface area (TPSA) is 57.7 Å². The molecule has 0 aliphatic carbocycles. The minimum atomic E-state index is 0.375. The Bertz CT molecular complexity index is 980. The van der Waals surface area contributed by atoms with E-state index in [4.69, 9.17) is 0 Å². The number of benzene rings is 2. The molecule has 2 heterocycles. The molecule has 4 rings (SSSR count). The number of rotatable bonds is 2. The van der Waals surface area contributed by atoms with Gasteiger partial charge in [-0.1, -0.05) is 36.4 Å². The Morgan fingerprint density at radius 2 is 1.84 bits per heavy atom. The highest BCUT2D eigenvalue weighted by Crippen LogP contribution is 2.26. The number of fused-ring (bicyclic) bond motifs is 1. The van der Waals surface area contributed by atoms with Crippen molar-refractivity contribution in [2.24, 2.45) is 0 Å². The van der Waals surface area contributed by atoms with Gasteiger partial charge in [0.05, 0.1) is 5.69 Å². The second-order valence-electron chi connectivity index (χ2n) is 6.50. The zero-order valence-electron chi connectivity index (χ0n) is 14.4. The summed E-state index contributed by atoms with van der Waals surface area (Å²) in [6, 6.07) is 16.8. The van der Waals surface area contributed by atoms with Gasteiger partial charge in [-0.15, -0.1) is 15.0 Å². The fraction of sp³-hybridized carbons (Fsp3) is 0.250. The summed E-state index contributed by atoms with van der Waals surface area (Å²) in [5.41, 5.74) is 6.18. The van der Waals surface area contributed by atoms with Crippen molar-refractivity contribution in [2.75, 3.05) is 11.4 Å². The number of hydrogen-bond donors (Lipinski definition) is 0. The molecule has 3 aromatic rings. The molecule has 0 amide bonds. The van der Waals surface area contributed by atoms with Crippen molar-refractivity contribution in [3.63, 3.8) is 0 Å². The Morgan fingerprint density at radius 1 is 1.04 bits per heavy atom. The summed E-state index contributed by atoms with van der Waals surface area (Å²) in [5, 5.41) is 18.6. The van der Waals surface area contributed by atoms with Crippen molar-refractivity contribution in [1.29, 1.82) is 5.26 Å². The summed E-state index contributed by atoms with van der Waals surface area (Å²) in [7, 11) is 0. The minimum Gasteiger partial charge on any atom is -0.348 e. The Labute approximate surface area is 147 Å². The van der Waals surface area contributed by atoms with Crippen LogP contribution < -0.4 is 4.90 Å². The van der Waals surface area contributed by atoms with E-state index in [-0.39, 0.29) is 0 Å². The lowest BCUT2D eigenvalue weighted by molar-refractivity contribution is 0.697. The fourth-order valence-corrected chi connectivity index (χ4v) is 3.30. The lowest BCUT2D eigenvalue weighted by atomic mass is 10.00. The van der Waals surface area contributed by atoms with Crippen LogP contribution in [0.1, 0.15) is 27.9 Å². The summed E-state index contributed by atoms with van der Waals surface area (Å²) < 4.78 is 0. The summed E-state index contributed by atoms with van der Waals surface area (Å²) in [6.45, 7) is 5.68. The lowest BCUT2D eigenvalue weighted by Gasteiger charge is -2.28. The lowest BCUT2D eigenvalue weighted by Crippen LogP contribution is -2.31. The first-order valence-electron chi connectivity index (χ1n) is 8.42. The van der Waals surface area contributed by atoms with Gasteiger partial charge >= 0.3 is 0 Å². The SMILES string of the molecule is Cc1ccc(C)c(-n2nc(C#N)c(N3CCc4ccccc4C3)n2)c1. The van der Waals surface area contributed by atoms with Crippen LogP contribution in [-0.2, 0) is 13.0 Å². The maximum absolute atomic E-state index is 9.54. The molecule has 0 unspecified atom stereocenters. The molecule has 1 aliphatic heterocycles. The van der Waals surface area contributed by atoms with Crippen molar-refractivity contribution in [1.82, 2.24) is 15.0 Å². The third kappa shape index (κ3) is 2.76. The highest BCUT2D eigenvalue weighted by molar-refractivity contribution is 5.53. The number of nitrogens with zero attached hydrogens (tertiary/aromatic N) is 5. The van der Waals surface area contributed by atoms with E-state index in [1.54, 1.807) is 4.80 Å². The van der Waals surface area contributed by atoms with E-state index in [0.29, 0.717) is 11.5 Å². The summed E-state index contributed by atoms with van der Waals surface area (Å²) in [4.78, 5) is 3.74. The minimum absolute atomic E-state index is 0.375. The number of nitriles is 1. The molecule has 0 spiro atoms. The first-order valence-corrected chi connectivity index (χ1v) is 8.42. The van der Waals surface area contributed by atoms with E-state index >= 15 is 0 Å². The Kier molecular flexibility index (Phi) is 3.73. The molecule has 5 nitrogen and oxygen atoms in total. The molecule has 0 fully saturated rings. The largest absolute Gasteiger partial charge is 0.348 e. The molecule has 1 aromatic heterocycles. The third-order valence-corrected chi connectivity index (χ3v) is 4.71. The molecular formula is C20H19N5. The normalized spacial score (nSPS) is 13.4. The molecule has 0 saturated carbocycles. The molecule has 0 bridgehead atoms. The average molecular weight is 329 g/mol. The van der Waals surface area contributed by atoms with Gasteiger partial charge in [-0.05, 0) is 48.6 Å². The van der Waals surface area contributed by atoms with Crippen LogP contribution in [0.3, 0.4) is 0 Å². The first-order chi connectivity index (χ1) is 12.2. The Balaban J connectivity index is 1.73. The molecule has 25 heavy (non-hydrogen) atoms. The van der Waals surface area contributed by atoms with Crippen LogP contribution in [0.5, 0.6) is 0 Å². The van der Waals surface area contributed by atoms with Crippen molar-refractivity contribution in [3.8, 4) is 11.8 Å². The van der Waals surface area contributed by atoms with Gasteiger partial charge in [-0.25, -0.2) is 0 Å². The predicted octanol–water partition coefficient (Wildman–Crippen LogP) is 3.32. The highest BCUT2D eigenvalue weighted by atomic mass is 15.5. The molecule has 0 atom stereocenters. The molecular weight excluding hydrogens is 310 g/mol. The van der Waals surface area contributed by atoms with E-state index in [2.05, 4.69) is 57.6 Å². The molecule has 0 N–H and O–H groups in total. The van der Waals surface area contributed by atoms with Gasteiger partial charge < -0.3 is 4.90 Å². The second-order valence-corrected chi connectivity index (χ2v) is 6.50. The van der Waals surface area contributed by atoms with Crippen LogP contribution in [0.4, 0.5) is 5.82 Å². The van der Waals surface area contributed by atoms with Crippen LogP contribution in [0, 0.1) is 25.2 Å². The van der Waals surface area contributed by atoms with Gasteiger partial charge in [-0.2, -0.15) is 5.26 Å². The van der Waals surface area contributed by atoms with Crippen LogP contribution in [0.15, 0.2) is 42.5 Å². The number of aryl methyl sites for hydroxylation is 2. The highest BCUT2D eigenvalue weighted by Gasteiger charge is 2.23. The van der Waals surface area contributed by atoms with Crippen LogP contribution >= 0.6 is 0 Å². The molecule has 124 valence electrons. The number of anilines is 1. The summed E-state index contributed by atoms with van der Waals surface area (Å²) >= 11 is 0. The molecule has 5 heteroatoms. The maximum atomic E-state index is 9.54. The van der Waals surface area contributed by atoms with Gasteiger partial charge in [0.2, 0.25) is 5.69 Å². The Hall–Kier alpha value is -3.13. The van der Waals surface area contributed by atoms with Gasteiger partial charge in [0.25, 0.3) is 0 Å². The monoisotopic (exact) mass is 329 g/mol. The quantitative estimate of drug-likeness (QED) is 0.724.